The van der Waals surface area contributed by atoms with Crippen molar-refractivity contribution in [3.05, 3.63) is 11.0 Å². The maximum absolute atomic E-state index is 10.7. The molecular weight excluding hydrogens is 136 g/mol. The van der Waals surface area contributed by atoms with E-state index in [2.05, 4.69) is 4.99 Å². The highest BCUT2D eigenvalue weighted by Crippen LogP contribution is 2.22. The van der Waals surface area contributed by atoms with Gasteiger partial charge in [0, 0.05) is 0 Å². The summed E-state index contributed by atoms with van der Waals surface area (Å²) in [5.41, 5.74) is 5.24. The summed E-state index contributed by atoms with van der Waals surface area (Å²) in [4.78, 5) is 14.8. The molecule has 0 saturated heterocycles. The second-order valence-electron chi connectivity index (χ2n) is 1.51. The Morgan fingerprint density at radius 1 is 1.78 bits per heavy atom. The van der Waals surface area contributed by atoms with E-state index in [1.54, 1.807) is 13.0 Å². The van der Waals surface area contributed by atoms with Crippen molar-refractivity contribution >= 4 is 22.8 Å². The van der Waals surface area contributed by atoms with Crippen molar-refractivity contribution in [2.45, 2.75) is 6.92 Å². The van der Waals surface area contributed by atoms with Crippen molar-refractivity contribution in [2.75, 3.05) is 0 Å². The Bertz CT molecular complexity index is 207. The predicted octanol–water partition coefficient (Wildman–Crippen LogP) is 0.478. The number of aliphatic imine (C=N–C) groups is 1. The topological polar surface area (TPSA) is 55.4 Å². The van der Waals surface area contributed by atoms with Crippen LogP contribution in [0.25, 0.3) is 0 Å². The van der Waals surface area contributed by atoms with E-state index >= 15 is 0 Å². The number of thioether (sulfide) groups is 1. The molecule has 1 amide bonds. The number of hydrogen-bond acceptors (Lipinski definition) is 3. The largest absolute Gasteiger partial charge is 0.378 e. The highest BCUT2D eigenvalue weighted by Gasteiger charge is 2.17. The van der Waals surface area contributed by atoms with Crippen molar-refractivity contribution in [1.29, 1.82) is 0 Å². The van der Waals surface area contributed by atoms with E-state index in [9.17, 15) is 4.79 Å². The summed E-state index contributed by atoms with van der Waals surface area (Å²) >= 11 is 1.21. The predicted molar refractivity (Wildman–Crippen MR) is 38.0 cm³/mol. The van der Waals surface area contributed by atoms with Crippen LogP contribution in [0.15, 0.2) is 16.0 Å². The maximum Gasteiger partial charge on any atom is 0.285 e. The highest BCUT2D eigenvalue weighted by atomic mass is 32.2. The SMILES string of the molecule is C/C=C1\SC(N)=NC1=O. The number of nitrogens with two attached hydrogens (primary N) is 1. The quantitative estimate of drug-likeness (QED) is 0.500. The van der Waals surface area contributed by atoms with Gasteiger partial charge in [-0.05, 0) is 18.7 Å². The van der Waals surface area contributed by atoms with Crippen LogP contribution in [-0.2, 0) is 4.79 Å². The maximum atomic E-state index is 10.7. The van der Waals surface area contributed by atoms with Gasteiger partial charge in [-0.2, -0.15) is 4.99 Å². The van der Waals surface area contributed by atoms with Crippen LogP contribution in [0.3, 0.4) is 0 Å². The summed E-state index contributed by atoms with van der Waals surface area (Å²) in [6.07, 6.45) is 1.70. The zero-order valence-electron chi connectivity index (χ0n) is 4.92. The molecule has 4 heteroatoms. The van der Waals surface area contributed by atoms with Crippen molar-refractivity contribution in [3.8, 4) is 0 Å². The molecule has 9 heavy (non-hydrogen) atoms. The van der Waals surface area contributed by atoms with Gasteiger partial charge in [-0.15, -0.1) is 0 Å². The van der Waals surface area contributed by atoms with Crippen molar-refractivity contribution in [1.82, 2.24) is 0 Å². The van der Waals surface area contributed by atoms with Gasteiger partial charge < -0.3 is 5.73 Å². The Kier molecular flexibility index (Phi) is 1.57. The fourth-order valence-corrected chi connectivity index (χ4v) is 1.12. The van der Waals surface area contributed by atoms with Gasteiger partial charge in [0.25, 0.3) is 5.91 Å². The number of allylic oxidation sites excluding steroid dienone is 1. The zero-order valence-corrected chi connectivity index (χ0v) is 5.73. The molecule has 0 fully saturated rings. The van der Waals surface area contributed by atoms with Gasteiger partial charge in [-0.25, -0.2) is 0 Å². The van der Waals surface area contributed by atoms with E-state index in [-0.39, 0.29) is 5.91 Å². The molecule has 0 bridgehead atoms. The lowest BCUT2D eigenvalue weighted by Crippen LogP contribution is -2.01. The molecule has 1 heterocycles. The Hall–Kier alpha value is -0.770. The van der Waals surface area contributed by atoms with Crippen LogP contribution in [0.1, 0.15) is 6.92 Å². The van der Waals surface area contributed by atoms with Gasteiger partial charge in [0.05, 0.1) is 4.91 Å². The van der Waals surface area contributed by atoms with Crippen molar-refractivity contribution in [3.63, 3.8) is 0 Å². The van der Waals surface area contributed by atoms with Crippen LogP contribution < -0.4 is 5.73 Å². The molecular formula is C5H6N2OS. The number of hydrogen-bond donors (Lipinski definition) is 1. The average Bonchev–Trinajstić information content (AvgIpc) is 2.10. The second kappa shape index (κ2) is 2.23. The van der Waals surface area contributed by atoms with Gasteiger partial charge in [0.1, 0.15) is 0 Å². The molecule has 1 rings (SSSR count). The van der Waals surface area contributed by atoms with Crippen molar-refractivity contribution in [2.24, 2.45) is 10.7 Å². The van der Waals surface area contributed by atoms with Crippen LogP contribution >= 0.6 is 11.8 Å². The highest BCUT2D eigenvalue weighted by molar-refractivity contribution is 8.18. The first kappa shape index (κ1) is 6.35. The molecule has 0 atom stereocenters. The minimum Gasteiger partial charge on any atom is -0.378 e. The smallest absolute Gasteiger partial charge is 0.285 e. The van der Waals surface area contributed by atoms with E-state index in [0.29, 0.717) is 10.1 Å². The minimum atomic E-state index is -0.222. The molecule has 0 aromatic carbocycles. The van der Waals surface area contributed by atoms with E-state index in [4.69, 9.17) is 5.73 Å². The van der Waals surface area contributed by atoms with Crippen LogP contribution in [0, 0.1) is 0 Å². The summed E-state index contributed by atoms with van der Waals surface area (Å²) < 4.78 is 0. The lowest BCUT2D eigenvalue weighted by molar-refractivity contribution is -0.113. The fraction of sp³-hybridized carbons (Fsp3) is 0.200. The van der Waals surface area contributed by atoms with Gasteiger partial charge in [-0.1, -0.05) is 6.08 Å². The van der Waals surface area contributed by atoms with Crippen LogP contribution in [0.5, 0.6) is 0 Å². The number of amidine groups is 1. The summed E-state index contributed by atoms with van der Waals surface area (Å²) in [6.45, 7) is 1.79. The Balaban J connectivity index is 2.84. The van der Waals surface area contributed by atoms with Gasteiger partial charge >= 0.3 is 0 Å². The Morgan fingerprint density at radius 2 is 2.44 bits per heavy atom. The molecule has 0 radical (unpaired) electrons. The molecule has 0 unspecified atom stereocenters. The first-order valence-electron chi connectivity index (χ1n) is 2.46. The first-order chi connectivity index (χ1) is 4.24. The number of rotatable bonds is 0. The zero-order chi connectivity index (χ0) is 6.85. The number of carbonyl (C=O) groups excluding carboxylic acids is 1. The Labute approximate surface area is 57.0 Å². The number of amides is 1. The van der Waals surface area contributed by atoms with E-state index in [1.807, 2.05) is 0 Å². The lowest BCUT2D eigenvalue weighted by Gasteiger charge is -1.84. The van der Waals surface area contributed by atoms with Gasteiger partial charge in [0.2, 0.25) is 0 Å². The van der Waals surface area contributed by atoms with Gasteiger partial charge in [0.15, 0.2) is 5.17 Å². The molecule has 1 aliphatic rings. The average molecular weight is 142 g/mol. The Morgan fingerprint density at radius 3 is 2.67 bits per heavy atom. The third-order valence-electron chi connectivity index (χ3n) is 0.899. The third kappa shape index (κ3) is 1.13. The number of carbonyl (C=O) groups is 1. The monoisotopic (exact) mass is 142 g/mol. The molecule has 48 valence electrons. The molecule has 0 saturated carbocycles. The summed E-state index contributed by atoms with van der Waals surface area (Å²) in [5.74, 6) is -0.222. The van der Waals surface area contributed by atoms with E-state index in [0.717, 1.165) is 0 Å². The molecule has 0 aliphatic carbocycles. The fourth-order valence-electron chi connectivity index (χ4n) is 0.517. The molecule has 0 aromatic rings. The van der Waals surface area contributed by atoms with Crippen LogP contribution in [0.4, 0.5) is 0 Å². The summed E-state index contributed by atoms with van der Waals surface area (Å²) in [6, 6.07) is 0. The third-order valence-corrected chi connectivity index (χ3v) is 1.83. The van der Waals surface area contributed by atoms with Crippen LogP contribution in [-0.4, -0.2) is 11.1 Å². The second-order valence-corrected chi connectivity index (χ2v) is 2.57. The summed E-state index contributed by atoms with van der Waals surface area (Å²) in [7, 11) is 0. The van der Waals surface area contributed by atoms with Gasteiger partial charge in [-0.3, -0.25) is 4.79 Å². The number of nitrogens with zero attached hydrogens (tertiary/aromatic N) is 1. The van der Waals surface area contributed by atoms with E-state index in [1.165, 1.54) is 11.8 Å². The molecule has 0 spiro atoms. The minimum absolute atomic E-state index is 0.222. The standard InChI is InChI=1S/C5H6N2OS/c1-2-3-4(8)7-5(6)9-3/h2H,1H3,(H2,6,7,8)/b3-2-. The van der Waals surface area contributed by atoms with Crippen LogP contribution in [0.2, 0.25) is 0 Å². The molecule has 1 aliphatic heterocycles. The van der Waals surface area contributed by atoms with Crippen molar-refractivity contribution < 1.29 is 4.79 Å². The van der Waals surface area contributed by atoms with E-state index < -0.39 is 0 Å². The molecule has 0 aromatic heterocycles. The normalized spacial score (nSPS) is 23.0. The summed E-state index contributed by atoms with van der Waals surface area (Å²) in [5, 5.41) is 0.341. The lowest BCUT2D eigenvalue weighted by atomic mass is 10.5. The molecule has 3 nitrogen and oxygen atoms in total. The first-order valence-corrected chi connectivity index (χ1v) is 3.28. The molecule has 2 N–H and O–H groups in total.